The zero-order valence-electron chi connectivity index (χ0n) is 16.7. The third kappa shape index (κ3) is 3.61. The normalized spacial score (nSPS) is 15.0. The van der Waals surface area contributed by atoms with Crippen molar-refractivity contribution in [2.75, 3.05) is 24.4 Å². The number of aromatic nitrogens is 1. The van der Waals surface area contributed by atoms with E-state index in [1.54, 1.807) is 44.8 Å². The number of carbonyl (C=O) groups excluding carboxylic acids is 1. The van der Waals surface area contributed by atoms with Gasteiger partial charge in [0.15, 0.2) is 0 Å². The van der Waals surface area contributed by atoms with E-state index >= 15 is 0 Å². The van der Waals surface area contributed by atoms with Crippen molar-refractivity contribution < 1.29 is 14.3 Å². The maximum atomic E-state index is 12.9. The zero-order valence-corrected chi connectivity index (χ0v) is 16.7. The summed E-state index contributed by atoms with van der Waals surface area (Å²) in [6, 6.07) is 15.8. The van der Waals surface area contributed by atoms with Crippen LogP contribution in [0.15, 0.2) is 60.9 Å². The van der Waals surface area contributed by atoms with Gasteiger partial charge in [-0.3, -0.25) is 9.78 Å². The van der Waals surface area contributed by atoms with Gasteiger partial charge in [0.2, 0.25) is 0 Å². The number of fused-ring (bicyclic) bond motifs is 1. The van der Waals surface area contributed by atoms with Gasteiger partial charge in [0.25, 0.3) is 5.91 Å². The Balaban J connectivity index is 1.60. The topological polar surface area (TPSA) is 63.7 Å². The molecule has 3 aromatic rings. The van der Waals surface area contributed by atoms with Gasteiger partial charge in [-0.1, -0.05) is 18.2 Å². The molecule has 4 rings (SSSR count). The van der Waals surface area contributed by atoms with Crippen LogP contribution in [0.3, 0.4) is 0 Å². The van der Waals surface area contributed by atoms with Crippen molar-refractivity contribution in [3.8, 4) is 11.5 Å². The van der Waals surface area contributed by atoms with Crippen LogP contribution < -0.4 is 19.7 Å². The van der Waals surface area contributed by atoms with E-state index in [9.17, 15) is 4.79 Å². The highest BCUT2D eigenvalue weighted by molar-refractivity contribution is 6.05. The molecule has 29 heavy (non-hydrogen) atoms. The number of nitrogens with one attached hydrogen (secondary N) is 1. The average molecular weight is 389 g/mol. The predicted molar refractivity (Wildman–Crippen MR) is 113 cm³/mol. The van der Waals surface area contributed by atoms with Gasteiger partial charge >= 0.3 is 0 Å². The second-order valence-corrected chi connectivity index (χ2v) is 7.00. The first-order chi connectivity index (χ1) is 14.1. The van der Waals surface area contributed by atoms with Gasteiger partial charge in [-0.2, -0.15) is 0 Å². The van der Waals surface area contributed by atoms with Crippen molar-refractivity contribution in [2.45, 2.75) is 19.4 Å². The molecule has 0 spiro atoms. The van der Waals surface area contributed by atoms with E-state index in [-0.39, 0.29) is 5.91 Å². The summed E-state index contributed by atoms with van der Waals surface area (Å²) in [7, 11) is 3.14. The molecule has 0 radical (unpaired) electrons. The Morgan fingerprint density at radius 2 is 1.93 bits per heavy atom. The summed E-state index contributed by atoms with van der Waals surface area (Å²) >= 11 is 0. The van der Waals surface area contributed by atoms with Crippen LogP contribution in [-0.2, 0) is 6.42 Å². The Morgan fingerprint density at radius 3 is 2.72 bits per heavy atom. The van der Waals surface area contributed by atoms with E-state index in [0.717, 1.165) is 17.8 Å². The summed E-state index contributed by atoms with van der Waals surface area (Å²) in [5.74, 6) is 0.942. The Bertz CT molecular complexity index is 1050. The first-order valence-corrected chi connectivity index (χ1v) is 9.46. The van der Waals surface area contributed by atoms with E-state index in [2.05, 4.69) is 40.3 Å². The number of nitrogens with zero attached hydrogens (tertiary/aromatic N) is 2. The predicted octanol–water partition coefficient (Wildman–Crippen LogP) is 4.43. The lowest BCUT2D eigenvalue weighted by Crippen LogP contribution is -2.24. The van der Waals surface area contributed by atoms with Crippen molar-refractivity contribution in [3.05, 3.63) is 72.1 Å². The van der Waals surface area contributed by atoms with Crippen LogP contribution in [0.5, 0.6) is 11.5 Å². The molecule has 1 unspecified atom stereocenters. The van der Waals surface area contributed by atoms with Crippen molar-refractivity contribution >= 4 is 23.0 Å². The SMILES string of the molecule is COc1ccc(NC(=O)c2cncc(N3c4ccccc4CC3C)c2)c(OC)c1. The lowest BCUT2D eigenvalue weighted by Gasteiger charge is -2.25. The number of pyridine rings is 1. The molecule has 6 heteroatoms. The molecule has 1 atom stereocenters. The highest BCUT2D eigenvalue weighted by Gasteiger charge is 2.27. The number of para-hydroxylation sites is 1. The smallest absolute Gasteiger partial charge is 0.257 e. The Kier molecular flexibility index (Phi) is 5.08. The number of amides is 1. The number of carbonyl (C=O) groups is 1. The lowest BCUT2D eigenvalue weighted by molar-refractivity contribution is 0.102. The van der Waals surface area contributed by atoms with Crippen molar-refractivity contribution in [3.63, 3.8) is 0 Å². The van der Waals surface area contributed by atoms with Crippen LogP contribution in [0.4, 0.5) is 17.1 Å². The number of hydrogen-bond acceptors (Lipinski definition) is 5. The standard InChI is InChI=1S/C23H23N3O3/c1-15-10-16-6-4-5-7-21(16)26(15)18-11-17(13-24-14-18)23(27)25-20-9-8-19(28-2)12-22(20)29-3/h4-9,11-15H,10H2,1-3H3,(H,25,27). The first-order valence-electron chi connectivity index (χ1n) is 9.46. The number of benzene rings is 2. The molecular weight excluding hydrogens is 366 g/mol. The van der Waals surface area contributed by atoms with Crippen LogP contribution in [0.2, 0.25) is 0 Å². The molecule has 1 N–H and O–H groups in total. The second-order valence-electron chi connectivity index (χ2n) is 7.00. The second kappa shape index (κ2) is 7.83. The molecule has 1 aromatic heterocycles. The Hall–Kier alpha value is -3.54. The average Bonchev–Trinajstić information content (AvgIpc) is 3.09. The molecule has 148 valence electrons. The minimum absolute atomic E-state index is 0.247. The quantitative estimate of drug-likeness (QED) is 0.699. The van der Waals surface area contributed by atoms with Gasteiger partial charge in [0, 0.05) is 24.0 Å². The first kappa shape index (κ1) is 18.8. The highest BCUT2D eigenvalue weighted by Crippen LogP contribution is 2.38. The third-order valence-corrected chi connectivity index (χ3v) is 5.13. The fraction of sp³-hybridized carbons (Fsp3) is 0.217. The molecule has 0 saturated carbocycles. The van der Waals surface area contributed by atoms with Gasteiger partial charge in [0.05, 0.1) is 37.4 Å². The van der Waals surface area contributed by atoms with Crippen molar-refractivity contribution in [1.82, 2.24) is 4.98 Å². The minimum Gasteiger partial charge on any atom is -0.497 e. The van der Waals surface area contributed by atoms with Crippen LogP contribution in [0.25, 0.3) is 0 Å². The number of anilines is 3. The van der Waals surface area contributed by atoms with Gasteiger partial charge in [-0.15, -0.1) is 0 Å². The van der Waals surface area contributed by atoms with Crippen molar-refractivity contribution in [1.29, 1.82) is 0 Å². The molecule has 0 fully saturated rings. The van der Waals surface area contributed by atoms with Crippen LogP contribution >= 0.6 is 0 Å². The van der Waals surface area contributed by atoms with Crippen LogP contribution in [-0.4, -0.2) is 31.2 Å². The van der Waals surface area contributed by atoms with Crippen LogP contribution in [0, 0.1) is 0 Å². The summed E-state index contributed by atoms with van der Waals surface area (Å²) in [6.45, 7) is 2.18. The molecule has 1 amide bonds. The molecule has 2 heterocycles. The molecule has 0 bridgehead atoms. The fourth-order valence-electron chi connectivity index (χ4n) is 3.74. The summed E-state index contributed by atoms with van der Waals surface area (Å²) in [6.07, 6.45) is 4.33. The number of ether oxygens (including phenoxy) is 2. The number of hydrogen-bond donors (Lipinski definition) is 1. The molecule has 1 aliphatic rings. The zero-order chi connectivity index (χ0) is 20.4. The minimum atomic E-state index is -0.247. The summed E-state index contributed by atoms with van der Waals surface area (Å²) < 4.78 is 10.6. The Morgan fingerprint density at radius 1 is 1.10 bits per heavy atom. The van der Waals surface area contributed by atoms with E-state index < -0.39 is 0 Å². The van der Waals surface area contributed by atoms with E-state index in [1.807, 2.05) is 12.1 Å². The van der Waals surface area contributed by atoms with Gasteiger partial charge < -0.3 is 19.7 Å². The largest absolute Gasteiger partial charge is 0.497 e. The molecular formula is C23H23N3O3. The van der Waals surface area contributed by atoms with Crippen LogP contribution in [0.1, 0.15) is 22.8 Å². The van der Waals surface area contributed by atoms with Gasteiger partial charge in [-0.05, 0) is 43.2 Å². The highest BCUT2D eigenvalue weighted by atomic mass is 16.5. The van der Waals surface area contributed by atoms with E-state index in [4.69, 9.17) is 9.47 Å². The number of methoxy groups -OCH3 is 2. The number of rotatable bonds is 5. The molecule has 0 saturated heterocycles. The summed E-state index contributed by atoms with van der Waals surface area (Å²) in [5, 5.41) is 2.90. The molecule has 2 aromatic carbocycles. The Labute approximate surface area is 170 Å². The van der Waals surface area contributed by atoms with Crippen molar-refractivity contribution in [2.24, 2.45) is 0 Å². The third-order valence-electron chi connectivity index (χ3n) is 5.13. The summed E-state index contributed by atoms with van der Waals surface area (Å²) in [5.41, 5.74) is 4.42. The maximum absolute atomic E-state index is 12.9. The van der Waals surface area contributed by atoms with Gasteiger partial charge in [-0.25, -0.2) is 0 Å². The molecule has 0 aliphatic carbocycles. The molecule has 1 aliphatic heterocycles. The monoisotopic (exact) mass is 389 g/mol. The lowest BCUT2D eigenvalue weighted by atomic mass is 10.1. The fourth-order valence-corrected chi connectivity index (χ4v) is 3.74. The molecule has 6 nitrogen and oxygen atoms in total. The van der Waals surface area contributed by atoms with E-state index in [0.29, 0.717) is 28.8 Å². The van der Waals surface area contributed by atoms with Gasteiger partial charge in [0.1, 0.15) is 11.5 Å². The maximum Gasteiger partial charge on any atom is 0.257 e. The summed E-state index contributed by atoms with van der Waals surface area (Å²) in [4.78, 5) is 19.4. The van der Waals surface area contributed by atoms with E-state index in [1.165, 1.54) is 5.56 Å².